The van der Waals surface area contributed by atoms with Gasteiger partial charge in [0, 0.05) is 31.3 Å². The Hall–Kier alpha value is -3.22. The quantitative estimate of drug-likeness (QED) is 0.499. The Morgan fingerprint density at radius 3 is 2.33 bits per heavy atom. The first-order valence-electron chi connectivity index (χ1n) is 7.22. The minimum Gasteiger partial charge on any atom is -0.371 e. The molecule has 0 aliphatic rings. The lowest BCUT2D eigenvalue weighted by Crippen LogP contribution is -2.28. The molecule has 0 atom stereocenters. The van der Waals surface area contributed by atoms with Crippen molar-refractivity contribution >= 4 is 23.1 Å². The zero-order chi connectivity index (χ0) is 17.7. The molecule has 0 aliphatic heterocycles. The van der Waals surface area contributed by atoms with Crippen molar-refractivity contribution in [3.05, 3.63) is 69.8 Å². The second-order valence-electron chi connectivity index (χ2n) is 5.33. The highest BCUT2D eigenvalue weighted by atomic mass is 16.6. The van der Waals surface area contributed by atoms with Crippen LogP contribution in [0.25, 0.3) is 0 Å². The second kappa shape index (κ2) is 7.36. The van der Waals surface area contributed by atoms with Crippen molar-refractivity contribution in [3.63, 3.8) is 0 Å². The number of ketones is 1. The molecule has 1 N–H and O–H groups in total. The molecule has 2 rings (SSSR count). The first kappa shape index (κ1) is 17.1. The van der Waals surface area contributed by atoms with E-state index in [0.717, 1.165) is 0 Å². The Morgan fingerprint density at radius 2 is 1.75 bits per heavy atom. The Bertz CT molecular complexity index is 773. The number of anilines is 1. The predicted octanol–water partition coefficient (Wildman–Crippen LogP) is 2.33. The number of amides is 1. The maximum Gasteiger partial charge on any atom is 0.293 e. The summed E-state index contributed by atoms with van der Waals surface area (Å²) in [6.07, 6.45) is 0. The van der Waals surface area contributed by atoms with Gasteiger partial charge in [-0.25, -0.2) is 0 Å². The molecule has 1 amide bonds. The lowest BCUT2D eigenvalue weighted by molar-refractivity contribution is -0.384. The van der Waals surface area contributed by atoms with Gasteiger partial charge in [0.25, 0.3) is 5.69 Å². The van der Waals surface area contributed by atoms with Crippen LogP contribution in [0.1, 0.15) is 15.9 Å². The second-order valence-corrected chi connectivity index (χ2v) is 5.33. The van der Waals surface area contributed by atoms with Gasteiger partial charge < -0.3 is 10.2 Å². The number of likely N-dealkylation sites (N-methyl/N-ethyl adjacent to an activating group) is 1. The lowest BCUT2D eigenvalue weighted by atomic mass is 10.0. The summed E-state index contributed by atoms with van der Waals surface area (Å²) in [4.78, 5) is 36.1. The number of nitrogens with zero attached hydrogens (tertiary/aromatic N) is 2. The largest absolute Gasteiger partial charge is 0.371 e. The van der Waals surface area contributed by atoms with Crippen LogP contribution >= 0.6 is 0 Å². The molecule has 0 saturated carbocycles. The van der Waals surface area contributed by atoms with E-state index in [9.17, 15) is 19.7 Å². The number of benzene rings is 2. The van der Waals surface area contributed by atoms with E-state index in [1.54, 1.807) is 44.4 Å². The van der Waals surface area contributed by atoms with Gasteiger partial charge in [-0.3, -0.25) is 19.7 Å². The summed E-state index contributed by atoms with van der Waals surface area (Å²) in [6.45, 7) is -0.0696. The zero-order valence-corrected chi connectivity index (χ0v) is 13.4. The minimum absolute atomic E-state index is 0.0696. The molecule has 0 bridgehead atoms. The normalized spacial score (nSPS) is 10.1. The predicted molar refractivity (Wildman–Crippen MR) is 90.2 cm³/mol. The van der Waals surface area contributed by atoms with Gasteiger partial charge in [0.1, 0.15) is 5.69 Å². The fraction of sp³-hybridized carbons (Fsp3) is 0.176. The van der Waals surface area contributed by atoms with Crippen LogP contribution in [0.3, 0.4) is 0 Å². The third kappa shape index (κ3) is 3.95. The van der Waals surface area contributed by atoms with E-state index in [0.29, 0.717) is 5.56 Å². The molecule has 0 spiro atoms. The number of rotatable bonds is 6. The van der Waals surface area contributed by atoms with Gasteiger partial charge in [0.05, 0.1) is 11.5 Å². The fourth-order valence-corrected chi connectivity index (χ4v) is 2.06. The zero-order valence-electron chi connectivity index (χ0n) is 13.4. The molecule has 7 heteroatoms. The molecule has 0 radical (unpaired) electrons. The minimum atomic E-state index is -0.579. The van der Waals surface area contributed by atoms with Crippen molar-refractivity contribution in [3.8, 4) is 0 Å². The van der Waals surface area contributed by atoms with Gasteiger partial charge in [-0.05, 0) is 12.1 Å². The first-order valence-corrected chi connectivity index (χ1v) is 7.22. The molecule has 0 aromatic heterocycles. The Labute approximate surface area is 139 Å². The molecule has 124 valence electrons. The van der Waals surface area contributed by atoms with Crippen LogP contribution < -0.4 is 5.32 Å². The third-order valence-corrected chi connectivity index (χ3v) is 3.42. The summed E-state index contributed by atoms with van der Waals surface area (Å²) >= 11 is 0. The summed E-state index contributed by atoms with van der Waals surface area (Å²) in [7, 11) is 3.19. The van der Waals surface area contributed by atoms with Crippen molar-refractivity contribution in [2.75, 3.05) is 26.0 Å². The molecule has 2 aromatic carbocycles. The molecule has 2 aromatic rings. The monoisotopic (exact) mass is 327 g/mol. The Balaban J connectivity index is 2.28. The summed E-state index contributed by atoms with van der Waals surface area (Å²) in [5, 5.41) is 14.0. The van der Waals surface area contributed by atoms with Crippen molar-refractivity contribution in [2.45, 2.75) is 0 Å². The van der Waals surface area contributed by atoms with E-state index in [1.165, 1.54) is 23.1 Å². The molecule has 0 fully saturated rings. The summed E-state index contributed by atoms with van der Waals surface area (Å²) in [5.41, 5.74) is 0.621. The van der Waals surface area contributed by atoms with Crippen LogP contribution in [0.2, 0.25) is 0 Å². The molecule has 0 heterocycles. The van der Waals surface area contributed by atoms with Crippen LogP contribution in [0.4, 0.5) is 11.4 Å². The van der Waals surface area contributed by atoms with E-state index >= 15 is 0 Å². The molecular weight excluding hydrogens is 310 g/mol. The molecule has 0 aliphatic carbocycles. The van der Waals surface area contributed by atoms with Crippen LogP contribution in [-0.2, 0) is 4.79 Å². The molecule has 0 saturated heterocycles. The van der Waals surface area contributed by atoms with E-state index in [-0.39, 0.29) is 35.2 Å². The van der Waals surface area contributed by atoms with E-state index in [1.807, 2.05) is 0 Å². The number of nitro groups is 1. The van der Waals surface area contributed by atoms with Crippen LogP contribution in [0, 0.1) is 10.1 Å². The Kier molecular flexibility index (Phi) is 5.26. The number of hydrogen-bond acceptors (Lipinski definition) is 5. The molecule has 0 unspecified atom stereocenters. The number of nitrogens with one attached hydrogen (secondary N) is 1. The number of hydrogen-bond donors (Lipinski definition) is 1. The van der Waals surface area contributed by atoms with Crippen molar-refractivity contribution < 1.29 is 14.5 Å². The summed E-state index contributed by atoms with van der Waals surface area (Å²) in [5.74, 6) is -0.511. The highest BCUT2D eigenvalue weighted by Crippen LogP contribution is 2.26. The SMILES string of the molecule is CN(C)C(=O)CNc1ccc(C(=O)c2ccccc2)cc1[N+](=O)[O-]. The number of carbonyl (C=O) groups excluding carboxylic acids is 2. The van der Waals surface area contributed by atoms with Crippen molar-refractivity contribution in [1.82, 2.24) is 4.90 Å². The fourth-order valence-electron chi connectivity index (χ4n) is 2.06. The maximum atomic E-state index is 12.4. The smallest absolute Gasteiger partial charge is 0.293 e. The van der Waals surface area contributed by atoms with Gasteiger partial charge in [-0.2, -0.15) is 0 Å². The van der Waals surface area contributed by atoms with Gasteiger partial charge in [0.2, 0.25) is 5.91 Å². The average molecular weight is 327 g/mol. The van der Waals surface area contributed by atoms with Crippen molar-refractivity contribution in [2.24, 2.45) is 0 Å². The standard InChI is InChI=1S/C17H17N3O4/c1-19(2)16(21)11-18-14-9-8-13(10-15(14)20(23)24)17(22)12-6-4-3-5-7-12/h3-10,18H,11H2,1-2H3. The molecular formula is C17H17N3O4. The van der Waals surface area contributed by atoms with Gasteiger partial charge in [0.15, 0.2) is 5.78 Å². The van der Waals surface area contributed by atoms with E-state index in [2.05, 4.69) is 5.32 Å². The van der Waals surface area contributed by atoms with Gasteiger partial charge in [-0.1, -0.05) is 30.3 Å². The first-order chi connectivity index (χ1) is 11.4. The highest BCUT2D eigenvalue weighted by Gasteiger charge is 2.19. The van der Waals surface area contributed by atoms with E-state index < -0.39 is 4.92 Å². The van der Waals surface area contributed by atoms with Gasteiger partial charge >= 0.3 is 0 Å². The Morgan fingerprint density at radius 1 is 1.08 bits per heavy atom. The highest BCUT2D eigenvalue weighted by molar-refractivity contribution is 6.09. The average Bonchev–Trinajstić information content (AvgIpc) is 2.59. The van der Waals surface area contributed by atoms with Crippen molar-refractivity contribution in [1.29, 1.82) is 0 Å². The van der Waals surface area contributed by atoms with E-state index in [4.69, 9.17) is 0 Å². The van der Waals surface area contributed by atoms with Crippen LogP contribution in [-0.4, -0.2) is 42.2 Å². The summed E-state index contributed by atoms with van der Waals surface area (Å²) < 4.78 is 0. The number of nitro benzene ring substituents is 1. The maximum absolute atomic E-state index is 12.4. The van der Waals surface area contributed by atoms with Crippen LogP contribution in [0.5, 0.6) is 0 Å². The van der Waals surface area contributed by atoms with Gasteiger partial charge in [-0.15, -0.1) is 0 Å². The lowest BCUT2D eigenvalue weighted by Gasteiger charge is -2.12. The molecule has 7 nitrogen and oxygen atoms in total. The third-order valence-electron chi connectivity index (χ3n) is 3.42. The van der Waals surface area contributed by atoms with Crippen LogP contribution in [0.15, 0.2) is 48.5 Å². The molecule has 24 heavy (non-hydrogen) atoms. The topological polar surface area (TPSA) is 92.6 Å². The summed E-state index contributed by atoms with van der Waals surface area (Å²) in [6, 6.07) is 12.7. The number of carbonyl (C=O) groups is 2.